The van der Waals surface area contributed by atoms with E-state index in [0.717, 1.165) is 5.75 Å². The van der Waals surface area contributed by atoms with Gasteiger partial charge in [-0.1, -0.05) is 6.07 Å². The van der Waals surface area contributed by atoms with E-state index in [1.165, 1.54) is 0 Å². The van der Waals surface area contributed by atoms with Gasteiger partial charge in [-0.05, 0) is 12.1 Å². The predicted molar refractivity (Wildman–Crippen MR) is 66.7 cm³/mol. The lowest BCUT2D eigenvalue weighted by atomic mass is 10.3. The van der Waals surface area contributed by atoms with Crippen LogP contribution in [0.2, 0.25) is 0 Å². The molecule has 90 valence electrons. The van der Waals surface area contributed by atoms with Gasteiger partial charge in [-0.25, -0.2) is 4.98 Å². The molecule has 1 aromatic heterocycles. The molecule has 0 aliphatic carbocycles. The molecule has 2 rings (SSSR count). The van der Waals surface area contributed by atoms with Crippen LogP contribution in [0, 0.1) is 0 Å². The second-order valence-electron chi connectivity index (χ2n) is 3.65. The number of carbonyl (C=O) groups excluding carboxylic acids is 2. The Labute approximate surface area is 103 Å². The molecule has 0 bridgehead atoms. The Morgan fingerprint density at radius 1 is 1.53 bits per heavy atom. The van der Waals surface area contributed by atoms with Gasteiger partial charge in [0.2, 0.25) is 11.8 Å². The molecule has 1 saturated heterocycles. The van der Waals surface area contributed by atoms with Crippen LogP contribution in [0.3, 0.4) is 0 Å². The van der Waals surface area contributed by atoms with Crippen molar-refractivity contribution in [3.8, 4) is 0 Å². The predicted octanol–water partition coefficient (Wildman–Crippen LogP) is 0.642. The summed E-state index contributed by atoms with van der Waals surface area (Å²) in [6.07, 6.45) is 2.08. The molecule has 5 nitrogen and oxygen atoms in total. The lowest BCUT2D eigenvalue weighted by Crippen LogP contribution is -2.44. The summed E-state index contributed by atoms with van der Waals surface area (Å²) in [5.41, 5.74) is 0. The van der Waals surface area contributed by atoms with E-state index in [0.29, 0.717) is 18.0 Å². The van der Waals surface area contributed by atoms with Crippen molar-refractivity contribution in [1.82, 2.24) is 10.3 Å². The highest BCUT2D eigenvalue weighted by molar-refractivity contribution is 7.99. The largest absolute Gasteiger partial charge is 0.343 e. The number of hydrogen-bond acceptors (Lipinski definition) is 4. The molecule has 2 heterocycles. The van der Waals surface area contributed by atoms with Gasteiger partial charge in [0.1, 0.15) is 11.9 Å². The van der Waals surface area contributed by atoms with Gasteiger partial charge in [-0.15, -0.1) is 0 Å². The molecule has 2 amide bonds. The fraction of sp³-hybridized carbons (Fsp3) is 0.364. The van der Waals surface area contributed by atoms with Gasteiger partial charge in [0, 0.05) is 24.1 Å². The summed E-state index contributed by atoms with van der Waals surface area (Å²) < 4.78 is 0. The number of amides is 2. The summed E-state index contributed by atoms with van der Waals surface area (Å²) in [5, 5.41) is 5.38. The van der Waals surface area contributed by atoms with E-state index in [9.17, 15) is 9.59 Å². The number of rotatable bonds is 2. The quantitative estimate of drug-likeness (QED) is 0.809. The number of thioether (sulfide) groups is 1. The molecule has 0 radical (unpaired) electrons. The first-order chi connectivity index (χ1) is 8.25. The van der Waals surface area contributed by atoms with E-state index in [1.54, 1.807) is 36.2 Å². The second-order valence-corrected chi connectivity index (χ2v) is 4.80. The summed E-state index contributed by atoms with van der Waals surface area (Å²) in [4.78, 5) is 27.2. The number of pyridine rings is 1. The van der Waals surface area contributed by atoms with Crippen LogP contribution in [0.5, 0.6) is 0 Å². The van der Waals surface area contributed by atoms with Crippen LogP contribution in [0.25, 0.3) is 0 Å². The third-order valence-electron chi connectivity index (χ3n) is 2.33. The molecular formula is C11H13N3O2S. The maximum atomic E-state index is 11.9. The van der Waals surface area contributed by atoms with Crippen molar-refractivity contribution < 1.29 is 9.59 Å². The molecule has 1 atom stereocenters. The fourth-order valence-electron chi connectivity index (χ4n) is 1.47. The zero-order chi connectivity index (χ0) is 12.1. The monoisotopic (exact) mass is 251 g/mol. The van der Waals surface area contributed by atoms with Crippen molar-refractivity contribution in [2.45, 2.75) is 12.5 Å². The summed E-state index contributed by atoms with van der Waals surface area (Å²) >= 11 is 1.60. The lowest BCUT2D eigenvalue weighted by molar-refractivity contribution is -0.125. The Balaban J connectivity index is 1.97. The third kappa shape index (κ3) is 3.45. The summed E-state index contributed by atoms with van der Waals surface area (Å²) in [7, 11) is 0. The Hall–Kier alpha value is -1.56. The first-order valence-electron chi connectivity index (χ1n) is 5.35. The van der Waals surface area contributed by atoms with Gasteiger partial charge in [0.05, 0.1) is 0 Å². The molecule has 1 aliphatic rings. The fourth-order valence-corrected chi connectivity index (χ4v) is 2.43. The van der Waals surface area contributed by atoms with E-state index in [-0.39, 0.29) is 11.8 Å². The standard InChI is InChI=1S/C11H13N3O2S/c15-10-4-6-17-7-8(13-10)11(16)14-9-3-1-2-5-12-9/h1-3,5,8H,4,6-7H2,(H,13,15)(H,12,14,16)/t8-/m0/s1. The Bertz CT molecular complexity index is 410. The smallest absolute Gasteiger partial charge is 0.248 e. The SMILES string of the molecule is O=C1CCSC[C@@H](C(=O)Nc2ccccn2)N1. The number of nitrogens with zero attached hydrogens (tertiary/aromatic N) is 1. The van der Waals surface area contributed by atoms with Crippen molar-refractivity contribution >= 4 is 29.4 Å². The highest BCUT2D eigenvalue weighted by atomic mass is 32.2. The first-order valence-corrected chi connectivity index (χ1v) is 6.50. The molecule has 1 aromatic rings. The molecule has 0 unspecified atom stereocenters. The zero-order valence-electron chi connectivity index (χ0n) is 9.18. The van der Waals surface area contributed by atoms with Gasteiger partial charge in [0.15, 0.2) is 0 Å². The Morgan fingerprint density at radius 2 is 2.41 bits per heavy atom. The number of carbonyl (C=O) groups is 2. The minimum Gasteiger partial charge on any atom is -0.343 e. The molecular weight excluding hydrogens is 238 g/mol. The van der Waals surface area contributed by atoms with Crippen LogP contribution in [0.1, 0.15) is 6.42 Å². The Morgan fingerprint density at radius 3 is 3.18 bits per heavy atom. The second kappa shape index (κ2) is 5.67. The minimum atomic E-state index is -0.475. The van der Waals surface area contributed by atoms with Gasteiger partial charge in [-0.2, -0.15) is 11.8 Å². The van der Waals surface area contributed by atoms with Crippen LogP contribution in [-0.4, -0.2) is 34.3 Å². The van der Waals surface area contributed by atoms with E-state index < -0.39 is 6.04 Å². The highest BCUT2D eigenvalue weighted by Gasteiger charge is 2.23. The van der Waals surface area contributed by atoms with Crippen molar-refractivity contribution in [3.63, 3.8) is 0 Å². The van der Waals surface area contributed by atoms with E-state index in [4.69, 9.17) is 0 Å². The average Bonchev–Trinajstić information content (AvgIpc) is 2.55. The molecule has 2 N–H and O–H groups in total. The molecule has 6 heteroatoms. The van der Waals surface area contributed by atoms with Gasteiger partial charge in [-0.3, -0.25) is 9.59 Å². The molecule has 0 aromatic carbocycles. The van der Waals surface area contributed by atoms with Crippen molar-refractivity contribution in [3.05, 3.63) is 24.4 Å². The van der Waals surface area contributed by atoms with E-state index in [2.05, 4.69) is 15.6 Å². The lowest BCUT2D eigenvalue weighted by Gasteiger charge is -2.14. The minimum absolute atomic E-state index is 0.0730. The summed E-state index contributed by atoms with van der Waals surface area (Å²) in [6, 6.07) is 4.81. The van der Waals surface area contributed by atoms with E-state index >= 15 is 0 Å². The number of hydrogen-bond donors (Lipinski definition) is 2. The zero-order valence-corrected chi connectivity index (χ0v) is 10.00. The van der Waals surface area contributed by atoms with Crippen molar-refractivity contribution in [2.24, 2.45) is 0 Å². The molecule has 1 aliphatic heterocycles. The van der Waals surface area contributed by atoms with Crippen LogP contribution in [-0.2, 0) is 9.59 Å². The van der Waals surface area contributed by atoms with Crippen LogP contribution in [0.4, 0.5) is 5.82 Å². The molecule has 1 fully saturated rings. The maximum absolute atomic E-state index is 11.9. The van der Waals surface area contributed by atoms with Crippen molar-refractivity contribution in [2.75, 3.05) is 16.8 Å². The summed E-state index contributed by atoms with van der Waals surface area (Å²) in [6.45, 7) is 0. The molecule has 0 saturated carbocycles. The molecule has 17 heavy (non-hydrogen) atoms. The normalized spacial score (nSPS) is 20.2. The van der Waals surface area contributed by atoms with Crippen molar-refractivity contribution in [1.29, 1.82) is 0 Å². The number of anilines is 1. The van der Waals surface area contributed by atoms with Gasteiger partial charge >= 0.3 is 0 Å². The first kappa shape index (κ1) is 11.9. The van der Waals surface area contributed by atoms with Crippen LogP contribution in [0.15, 0.2) is 24.4 Å². The number of aromatic nitrogens is 1. The molecule has 0 spiro atoms. The number of nitrogens with one attached hydrogen (secondary N) is 2. The van der Waals surface area contributed by atoms with E-state index in [1.807, 2.05) is 0 Å². The van der Waals surface area contributed by atoms with Gasteiger partial charge in [0.25, 0.3) is 0 Å². The summed E-state index contributed by atoms with van der Waals surface area (Å²) in [5.74, 6) is 1.58. The average molecular weight is 251 g/mol. The van der Waals surface area contributed by atoms with Gasteiger partial charge < -0.3 is 10.6 Å². The topological polar surface area (TPSA) is 71.1 Å². The third-order valence-corrected chi connectivity index (χ3v) is 3.39. The van der Waals surface area contributed by atoms with Crippen LogP contribution >= 0.6 is 11.8 Å². The maximum Gasteiger partial charge on any atom is 0.248 e. The highest BCUT2D eigenvalue weighted by Crippen LogP contribution is 2.11. The Kier molecular flexibility index (Phi) is 3.98. The van der Waals surface area contributed by atoms with Crippen LogP contribution < -0.4 is 10.6 Å².